The summed E-state index contributed by atoms with van der Waals surface area (Å²) in [5, 5.41) is 8.06. The average molecular weight is 580 g/mol. The van der Waals surface area contributed by atoms with Crippen molar-refractivity contribution in [1.82, 2.24) is 4.90 Å². The van der Waals surface area contributed by atoms with Crippen LogP contribution in [0.2, 0.25) is 0 Å². The molecule has 2 aromatic rings. The third-order valence-corrected chi connectivity index (χ3v) is 8.30. The third kappa shape index (κ3) is 12.8. The molecule has 5 nitrogen and oxygen atoms in total. The van der Waals surface area contributed by atoms with Crippen molar-refractivity contribution in [2.24, 2.45) is 0 Å². The molecule has 0 fully saturated rings. The number of rotatable bonds is 18. The lowest BCUT2D eigenvalue weighted by atomic mass is 9.86. The van der Waals surface area contributed by atoms with Gasteiger partial charge in [0.2, 0.25) is 0 Å². The van der Waals surface area contributed by atoms with Gasteiger partial charge < -0.3 is 20.3 Å². The molecule has 2 amide bonds. The first-order chi connectivity index (χ1) is 19.8. The van der Waals surface area contributed by atoms with Crippen molar-refractivity contribution in [2.75, 3.05) is 23.1 Å². The van der Waals surface area contributed by atoms with Crippen LogP contribution >= 0.6 is 11.8 Å². The van der Waals surface area contributed by atoms with Crippen LogP contribution in [0.3, 0.4) is 0 Å². The molecule has 3 rings (SSSR count). The molecule has 1 aliphatic heterocycles. The van der Waals surface area contributed by atoms with Crippen LogP contribution in [-0.4, -0.2) is 23.4 Å². The van der Waals surface area contributed by atoms with Gasteiger partial charge in [0.1, 0.15) is 5.75 Å². The van der Waals surface area contributed by atoms with Gasteiger partial charge in [-0.05, 0) is 53.1 Å². The van der Waals surface area contributed by atoms with E-state index in [1.165, 1.54) is 76.2 Å². The topological polar surface area (TPSA) is 53.6 Å². The number of carbonyl (C=O) groups is 1. The summed E-state index contributed by atoms with van der Waals surface area (Å²) >= 11 is 1.80. The highest BCUT2D eigenvalue weighted by Crippen LogP contribution is 2.34. The molecule has 2 N–H and O–H groups in total. The van der Waals surface area contributed by atoms with Crippen molar-refractivity contribution in [3.05, 3.63) is 65.2 Å². The van der Waals surface area contributed by atoms with Gasteiger partial charge in [0.15, 0.2) is 0 Å². The highest BCUT2D eigenvalue weighted by molar-refractivity contribution is 8.02. The molecule has 0 aromatic heterocycles. The van der Waals surface area contributed by atoms with E-state index in [-0.39, 0.29) is 11.4 Å². The minimum atomic E-state index is -0.248. The molecule has 1 heterocycles. The molecule has 2 aromatic carbocycles. The second-order valence-corrected chi connectivity index (χ2v) is 13.2. The zero-order chi connectivity index (χ0) is 29.3. The van der Waals surface area contributed by atoms with Gasteiger partial charge in [0, 0.05) is 29.7 Å². The first-order valence-electron chi connectivity index (χ1n) is 15.8. The number of thioether (sulfide) groups is 1. The second-order valence-electron chi connectivity index (χ2n) is 12.3. The molecule has 0 spiro atoms. The summed E-state index contributed by atoms with van der Waals surface area (Å²) in [4.78, 5) is 15.0. The van der Waals surface area contributed by atoms with Crippen LogP contribution in [0.4, 0.5) is 16.2 Å². The summed E-state index contributed by atoms with van der Waals surface area (Å²) < 4.78 is 6.23. The lowest BCUT2D eigenvalue weighted by molar-refractivity contribution is 0.262. The SMILES string of the molecule is CCCCCCCCCCCCCCOc1ccc(NC(=O)Nc2ccc(CN3C=CSC3)cc2)cc1C(C)(C)C. The summed E-state index contributed by atoms with van der Waals surface area (Å²) in [5.74, 6) is 1.90. The van der Waals surface area contributed by atoms with Gasteiger partial charge in [-0.25, -0.2) is 4.79 Å². The van der Waals surface area contributed by atoms with Gasteiger partial charge in [-0.15, -0.1) is 11.8 Å². The normalized spacial score (nSPS) is 13.0. The smallest absolute Gasteiger partial charge is 0.323 e. The van der Waals surface area contributed by atoms with Crippen molar-refractivity contribution in [1.29, 1.82) is 0 Å². The zero-order valence-corrected chi connectivity index (χ0v) is 26.8. The lowest BCUT2D eigenvalue weighted by Gasteiger charge is -2.24. The Bertz CT molecular complexity index is 1060. The van der Waals surface area contributed by atoms with Gasteiger partial charge in [-0.3, -0.25) is 0 Å². The molecule has 6 heteroatoms. The number of amides is 2. The molecular formula is C35H53N3O2S. The van der Waals surface area contributed by atoms with Crippen molar-refractivity contribution in [3.63, 3.8) is 0 Å². The predicted molar refractivity (Wildman–Crippen MR) is 178 cm³/mol. The van der Waals surface area contributed by atoms with Crippen LogP contribution in [0.25, 0.3) is 0 Å². The number of ether oxygens (including phenoxy) is 1. The predicted octanol–water partition coefficient (Wildman–Crippen LogP) is 10.7. The van der Waals surface area contributed by atoms with Crippen LogP contribution < -0.4 is 15.4 Å². The lowest BCUT2D eigenvalue weighted by Crippen LogP contribution is -2.20. The molecule has 0 bridgehead atoms. The molecular weight excluding hydrogens is 526 g/mol. The van der Waals surface area contributed by atoms with E-state index in [1.54, 1.807) is 11.8 Å². The van der Waals surface area contributed by atoms with Crippen LogP contribution in [0.15, 0.2) is 54.1 Å². The first-order valence-corrected chi connectivity index (χ1v) is 16.9. The van der Waals surface area contributed by atoms with E-state index in [9.17, 15) is 4.79 Å². The molecule has 0 atom stereocenters. The molecule has 0 saturated carbocycles. The number of unbranched alkanes of at least 4 members (excludes halogenated alkanes) is 11. The summed E-state index contributed by atoms with van der Waals surface area (Å²) in [6, 6.07) is 13.8. The Kier molecular flexibility index (Phi) is 14.5. The van der Waals surface area contributed by atoms with E-state index in [2.05, 4.69) is 67.0 Å². The monoisotopic (exact) mass is 579 g/mol. The Labute approximate surface area is 253 Å². The minimum Gasteiger partial charge on any atom is -0.493 e. The Balaban J connectivity index is 1.37. The van der Waals surface area contributed by atoms with Crippen LogP contribution in [0, 0.1) is 0 Å². The van der Waals surface area contributed by atoms with Gasteiger partial charge in [-0.2, -0.15) is 0 Å². The molecule has 0 unspecified atom stereocenters. The van der Waals surface area contributed by atoms with Crippen molar-refractivity contribution >= 4 is 29.2 Å². The number of urea groups is 1. The minimum absolute atomic E-state index is 0.0983. The molecule has 0 radical (unpaired) electrons. The maximum Gasteiger partial charge on any atom is 0.323 e. The Morgan fingerprint density at radius 1 is 0.829 bits per heavy atom. The van der Waals surface area contributed by atoms with E-state index < -0.39 is 0 Å². The first kappa shape index (κ1) is 32.9. The summed E-state index contributed by atoms with van der Waals surface area (Å²) in [6.07, 6.45) is 18.2. The molecule has 0 aliphatic carbocycles. The molecule has 0 saturated heterocycles. The number of hydrogen-bond donors (Lipinski definition) is 2. The number of nitrogens with zero attached hydrogens (tertiary/aromatic N) is 1. The number of nitrogens with one attached hydrogen (secondary N) is 2. The number of anilines is 2. The van der Waals surface area contributed by atoms with E-state index in [0.29, 0.717) is 0 Å². The maximum atomic E-state index is 12.7. The van der Waals surface area contributed by atoms with Gasteiger partial charge in [-0.1, -0.05) is 110 Å². The Hall–Kier alpha value is -2.60. The second kappa shape index (κ2) is 18.0. The number of hydrogen-bond acceptors (Lipinski definition) is 4. The fourth-order valence-corrected chi connectivity index (χ4v) is 5.79. The Morgan fingerprint density at radius 2 is 1.41 bits per heavy atom. The molecule has 1 aliphatic rings. The van der Waals surface area contributed by atoms with Crippen LogP contribution in [0.1, 0.15) is 116 Å². The fraction of sp³-hybridized carbons (Fsp3) is 0.571. The number of carbonyl (C=O) groups excluding carboxylic acids is 1. The van der Waals surface area contributed by atoms with Gasteiger partial charge >= 0.3 is 6.03 Å². The molecule has 41 heavy (non-hydrogen) atoms. The quantitative estimate of drug-likeness (QED) is 0.172. The highest BCUT2D eigenvalue weighted by atomic mass is 32.2. The van der Waals surface area contributed by atoms with E-state index in [1.807, 2.05) is 30.3 Å². The van der Waals surface area contributed by atoms with Crippen molar-refractivity contribution < 1.29 is 9.53 Å². The van der Waals surface area contributed by atoms with Crippen molar-refractivity contribution in [2.45, 2.75) is 117 Å². The van der Waals surface area contributed by atoms with E-state index in [0.717, 1.165) is 48.1 Å². The number of benzene rings is 2. The summed E-state index contributed by atoms with van der Waals surface area (Å²) in [7, 11) is 0. The highest BCUT2D eigenvalue weighted by Gasteiger charge is 2.20. The zero-order valence-electron chi connectivity index (χ0n) is 26.0. The molecule has 226 valence electrons. The third-order valence-electron chi connectivity index (χ3n) is 7.51. The fourth-order valence-electron chi connectivity index (χ4n) is 5.08. The summed E-state index contributed by atoms with van der Waals surface area (Å²) in [5.41, 5.74) is 3.76. The summed E-state index contributed by atoms with van der Waals surface area (Å²) in [6.45, 7) is 10.4. The standard InChI is InChI=1S/C35H53N3O2S/c1-5-6-7-8-9-10-11-12-13-14-15-16-24-40-33-22-21-31(26-32(33)35(2,3)4)37-34(39)36-30-19-17-29(18-20-30)27-38-23-25-41-28-38/h17-23,25-26H,5-16,24,27-28H2,1-4H3,(H2,36,37,39). The van der Waals surface area contributed by atoms with Crippen LogP contribution in [-0.2, 0) is 12.0 Å². The Morgan fingerprint density at radius 3 is 2.00 bits per heavy atom. The van der Waals surface area contributed by atoms with Crippen LogP contribution in [0.5, 0.6) is 5.75 Å². The van der Waals surface area contributed by atoms with E-state index in [4.69, 9.17) is 4.74 Å². The van der Waals surface area contributed by atoms with Gasteiger partial charge in [0.05, 0.1) is 12.5 Å². The largest absolute Gasteiger partial charge is 0.493 e. The van der Waals surface area contributed by atoms with Gasteiger partial charge in [0.25, 0.3) is 0 Å². The van der Waals surface area contributed by atoms with E-state index >= 15 is 0 Å². The van der Waals surface area contributed by atoms with Crippen molar-refractivity contribution in [3.8, 4) is 5.75 Å². The average Bonchev–Trinajstić information content (AvgIpc) is 3.45. The maximum absolute atomic E-state index is 12.7.